The van der Waals surface area contributed by atoms with E-state index in [2.05, 4.69) is 0 Å². The fourth-order valence-corrected chi connectivity index (χ4v) is 1.99. The number of hydrogen-bond acceptors (Lipinski definition) is 5. The van der Waals surface area contributed by atoms with Crippen molar-refractivity contribution in [2.75, 3.05) is 33.4 Å². The molecule has 0 aromatic heterocycles. The highest BCUT2D eigenvalue weighted by Crippen LogP contribution is 2.17. The van der Waals surface area contributed by atoms with Crippen LogP contribution in [0.25, 0.3) is 0 Å². The minimum atomic E-state index is -0.889. The van der Waals surface area contributed by atoms with Crippen LogP contribution in [0.15, 0.2) is 24.3 Å². The number of rotatable bonds is 12. The third-order valence-corrected chi connectivity index (χ3v) is 3.23. The first-order valence-electron chi connectivity index (χ1n) is 7.44. The second-order valence-electron chi connectivity index (χ2n) is 5.01. The summed E-state index contributed by atoms with van der Waals surface area (Å²) < 4.78 is 10.7. The number of carboxylic acid groups (broad SMARTS) is 2. The van der Waals surface area contributed by atoms with Crippen molar-refractivity contribution in [2.45, 2.75) is 19.3 Å². The van der Waals surface area contributed by atoms with Gasteiger partial charge >= 0.3 is 11.9 Å². The van der Waals surface area contributed by atoms with E-state index in [-0.39, 0.29) is 12.8 Å². The van der Waals surface area contributed by atoms with E-state index in [1.165, 1.54) is 0 Å². The quantitative estimate of drug-likeness (QED) is 0.565. The first kappa shape index (κ1) is 18.8. The summed E-state index contributed by atoms with van der Waals surface area (Å²) in [6, 6.07) is 7.24. The van der Waals surface area contributed by atoms with Crippen LogP contribution in [0, 0.1) is 0 Å². The van der Waals surface area contributed by atoms with Gasteiger partial charge in [0.1, 0.15) is 11.5 Å². The molecule has 0 aliphatic heterocycles. The third-order valence-electron chi connectivity index (χ3n) is 3.23. The number of methoxy groups -OCH3 is 1. The second-order valence-corrected chi connectivity index (χ2v) is 5.01. The number of benzene rings is 1. The van der Waals surface area contributed by atoms with Gasteiger partial charge in [0.2, 0.25) is 0 Å². The minimum absolute atomic E-state index is 0.00104. The van der Waals surface area contributed by atoms with Crippen molar-refractivity contribution in [1.29, 1.82) is 0 Å². The molecule has 0 bridgehead atoms. The van der Waals surface area contributed by atoms with E-state index in [1.54, 1.807) is 19.2 Å². The summed E-state index contributed by atoms with van der Waals surface area (Å²) >= 11 is 0. The lowest BCUT2D eigenvalue weighted by Gasteiger charge is -2.20. The van der Waals surface area contributed by atoms with Crippen LogP contribution in [0.3, 0.4) is 0 Å². The van der Waals surface area contributed by atoms with Gasteiger partial charge in [-0.25, -0.2) is 0 Å². The van der Waals surface area contributed by atoms with Crippen molar-refractivity contribution >= 4 is 11.9 Å². The summed E-state index contributed by atoms with van der Waals surface area (Å²) in [6.07, 6.45) is 0.684. The summed E-state index contributed by atoms with van der Waals surface area (Å²) in [6.45, 7) is 1.75. The lowest BCUT2D eigenvalue weighted by atomic mass is 10.3. The van der Waals surface area contributed by atoms with Crippen molar-refractivity contribution in [1.82, 2.24) is 4.90 Å². The first-order chi connectivity index (χ1) is 11.0. The number of carboxylic acids is 2. The summed E-state index contributed by atoms with van der Waals surface area (Å²) in [5.74, 6) is -0.293. The molecule has 0 atom stereocenters. The van der Waals surface area contributed by atoms with E-state index >= 15 is 0 Å². The predicted molar refractivity (Wildman–Crippen MR) is 84.1 cm³/mol. The monoisotopic (exact) mass is 325 g/mol. The molecule has 0 heterocycles. The highest BCUT2D eigenvalue weighted by molar-refractivity contribution is 5.67. The van der Waals surface area contributed by atoms with Crippen LogP contribution in [0.1, 0.15) is 19.3 Å². The molecule has 0 saturated carbocycles. The van der Waals surface area contributed by atoms with E-state index in [0.717, 1.165) is 11.5 Å². The molecule has 0 aliphatic rings. The molecule has 0 saturated heterocycles. The zero-order chi connectivity index (χ0) is 17.1. The normalized spacial score (nSPS) is 10.5. The van der Waals surface area contributed by atoms with Crippen molar-refractivity contribution in [3.05, 3.63) is 24.3 Å². The van der Waals surface area contributed by atoms with Crippen molar-refractivity contribution in [3.8, 4) is 11.5 Å². The van der Waals surface area contributed by atoms with Gasteiger partial charge in [0.25, 0.3) is 0 Å². The molecule has 7 nitrogen and oxygen atoms in total. The van der Waals surface area contributed by atoms with Gasteiger partial charge in [-0.05, 0) is 30.7 Å². The number of hydrogen-bond donors (Lipinski definition) is 2. The fraction of sp³-hybridized carbons (Fsp3) is 0.500. The highest BCUT2D eigenvalue weighted by Gasteiger charge is 2.09. The summed E-state index contributed by atoms with van der Waals surface area (Å²) in [5, 5.41) is 17.4. The maximum atomic E-state index is 10.6. The van der Waals surface area contributed by atoms with Crippen LogP contribution in [-0.4, -0.2) is 60.4 Å². The maximum absolute atomic E-state index is 10.6. The minimum Gasteiger partial charge on any atom is -0.497 e. The topological polar surface area (TPSA) is 96.3 Å². The molecule has 0 fully saturated rings. The molecule has 0 unspecified atom stereocenters. The summed E-state index contributed by atoms with van der Waals surface area (Å²) in [4.78, 5) is 23.1. The molecular weight excluding hydrogens is 302 g/mol. The van der Waals surface area contributed by atoms with Crippen LogP contribution in [-0.2, 0) is 9.59 Å². The number of carbonyl (C=O) groups is 2. The maximum Gasteiger partial charge on any atom is 0.304 e. The Kier molecular flexibility index (Phi) is 8.52. The van der Waals surface area contributed by atoms with Gasteiger partial charge in [0, 0.05) is 19.6 Å². The van der Waals surface area contributed by atoms with Gasteiger partial charge in [0.15, 0.2) is 0 Å². The molecule has 0 aliphatic carbocycles. The van der Waals surface area contributed by atoms with Gasteiger partial charge < -0.3 is 24.6 Å². The molecular formula is C16H23NO6. The van der Waals surface area contributed by atoms with Crippen LogP contribution in [0.2, 0.25) is 0 Å². The molecule has 7 heteroatoms. The molecule has 1 rings (SSSR count). The number of nitrogens with zero attached hydrogens (tertiary/aromatic N) is 1. The number of aliphatic carboxylic acids is 2. The zero-order valence-electron chi connectivity index (χ0n) is 13.2. The lowest BCUT2D eigenvalue weighted by Crippen LogP contribution is -2.30. The smallest absolute Gasteiger partial charge is 0.304 e. The van der Waals surface area contributed by atoms with E-state index in [1.807, 2.05) is 17.0 Å². The Labute approximate surface area is 135 Å². The Morgan fingerprint density at radius 2 is 1.48 bits per heavy atom. The van der Waals surface area contributed by atoms with Gasteiger partial charge in [-0.3, -0.25) is 9.59 Å². The van der Waals surface area contributed by atoms with E-state index in [9.17, 15) is 9.59 Å². The van der Waals surface area contributed by atoms with E-state index in [4.69, 9.17) is 19.7 Å². The van der Waals surface area contributed by atoms with Gasteiger partial charge in [-0.2, -0.15) is 0 Å². The zero-order valence-corrected chi connectivity index (χ0v) is 13.2. The molecule has 0 radical (unpaired) electrons. The molecule has 2 N–H and O–H groups in total. The van der Waals surface area contributed by atoms with Crippen molar-refractivity contribution in [3.63, 3.8) is 0 Å². The molecule has 1 aromatic carbocycles. The summed E-state index contributed by atoms with van der Waals surface area (Å²) in [5.41, 5.74) is 0. The molecule has 0 amide bonds. The Morgan fingerprint density at radius 1 is 0.957 bits per heavy atom. The largest absolute Gasteiger partial charge is 0.497 e. The van der Waals surface area contributed by atoms with Gasteiger partial charge in [0.05, 0.1) is 26.6 Å². The lowest BCUT2D eigenvalue weighted by molar-refractivity contribution is -0.137. The van der Waals surface area contributed by atoms with Crippen molar-refractivity contribution in [2.24, 2.45) is 0 Å². The molecule has 1 aromatic rings. The Morgan fingerprint density at radius 3 is 1.96 bits per heavy atom. The Bertz CT molecular complexity index is 470. The average Bonchev–Trinajstić information content (AvgIpc) is 2.53. The fourth-order valence-electron chi connectivity index (χ4n) is 1.99. The number of ether oxygens (including phenoxy) is 2. The summed E-state index contributed by atoms with van der Waals surface area (Å²) in [7, 11) is 1.60. The highest BCUT2D eigenvalue weighted by atomic mass is 16.5. The van der Waals surface area contributed by atoms with Crippen LogP contribution in [0.4, 0.5) is 0 Å². The standard InChI is InChI=1S/C16H23NO6/c1-22-13-3-5-14(6-4-13)23-12-2-9-17(10-7-15(18)19)11-8-16(20)21/h3-6H,2,7-12H2,1H3,(H,18,19)(H,20,21). The Balaban J connectivity index is 2.31. The van der Waals surface area contributed by atoms with Crippen LogP contribution >= 0.6 is 0 Å². The van der Waals surface area contributed by atoms with Crippen molar-refractivity contribution < 1.29 is 29.3 Å². The van der Waals surface area contributed by atoms with E-state index < -0.39 is 11.9 Å². The Hall–Kier alpha value is -2.28. The van der Waals surface area contributed by atoms with Crippen LogP contribution in [0.5, 0.6) is 11.5 Å². The second kappa shape index (κ2) is 10.4. The molecule has 128 valence electrons. The molecule has 23 heavy (non-hydrogen) atoms. The van der Waals surface area contributed by atoms with Gasteiger partial charge in [-0.1, -0.05) is 0 Å². The first-order valence-corrected chi connectivity index (χ1v) is 7.44. The third kappa shape index (κ3) is 8.67. The van der Waals surface area contributed by atoms with E-state index in [0.29, 0.717) is 32.7 Å². The SMILES string of the molecule is COc1ccc(OCCCN(CCC(=O)O)CCC(=O)O)cc1. The van der Waals surface area contributed by atoms with Crippen LogP contribution < -0.4 is 9.47 Å². The van der Waals surface area contributed by atoms with Gasteiger partial charge in [-0.15, -0.1) is 0 Å². The molecule has 0 spiro atoms. The average molecular weight is 325 g/mol. The predicted octanol–water partition coefficient (Wildman–Crippen LogP) is 1.72.